The quantitative estimate of drug-likeness (QED) is 0.226. The molecule has 1 aromatic rings. The van der Waals surface area contributed by atoms with Crippen LogP contribution >= 0.6 is 0 Å². The average molecular weight is 453 g/mol. The maximum Gasteiger partial charge on any atom is 0.101 e. The maximum atomic E-state index is 8.03. The molecule has 2 rings (SSSR count). The van der Waals surface area contributed by atoms with E-state index in [0.29, 0.717) is 22.8 Å². The number of nitrogens with zero attached hydrogens (tertiary/aromatic N) is 5. The summed E-state index contributed by atoms with van der Waals surface area (Å²) in [6.45, 7) is 10.1. The molecule has 0 unspecified atom stereocenters. The van der Waals surface area contributed by atoms with Crippen molar-refractivity contribution in [3.63, 3.8) is 0 Å². The largest absolute Gasteiger partial charge is 0.411 e. The first kappa shape index (κ1) is 31.2. The second-order valence-electron chi connectivity index (χ2n) is 5.92. The molecule has 0 amide bonds. The van der Waals surface area contributed by atoms with Crippen molar-refractivity contribution in [2.75, 3.05) is 0 Å². The van der Waals surface area contributed by atoms with Gasteiger partial charge < -0.3 is 27.8 Å². The average Bonchev–Trinajstić information content (AvgIpc) is 3.24. The van der Waals surface area contributed by atoms with Gasteiger partial charge in [-0.25, -0.2) is 0 Å². The second kappa shape index (κ2) is 21.8. The molecule has 0 spiro atoms. The fourth-order valence-electron chi connectivity index (χ4n) is 1.61. The van der Waals surface area contributed by atoms with Gasteiger partial charge in [0.1, 0.15) is 22.8 Å². The number of oxime groups is 4. The molecule has 1 saturated carbocycles. The van der Waals surface area contributed by atoms with Crippen LogP contribution in [0.3, 0.4) is 0 Å². The Balaban J connectivity index is -0.000000309. The van der Waals surface area contributed by atoms with Gasteiger partial charge in [-0.3, -0.25) is 4.98 Å². The van der Waals surface area contributed by atoms with Crippen LogP contribution in [0.2, 0.25) is 0 Å². The molecule has 1 fully saturated rings. The summed E-state index contributed by atoms with van der Waals surface area (Å²) in [5.74, 6) is 0.796. The molecule has 1 heterocycles. The van der Waals surface area contributed by atoms with Crippen LogP contribution in [-0.2, 0) is 16.8 Å². The first-order valence-corrected chi connectivity index (χ1v) is 8.77. The van der Waals surface area contributed by atoms with Crippen molar-refractivity contribution in [2.24, 2.45) is 26.5 Å². The Morgan fingerprint density at radius 2 is 1.03 bits per heavy atom. The normalized spacial score (nSPS) is 14.8. The van der Waals surface area contributed by atoms with Gasteiger partial charge in [0.05, 0.1) is 0 Å². The Bertz CT molecular complexity index is 526. The maximum absolute atomic E-state index is 8.03. The molecule has 0 bridgehead atoms. The van der Waals surface area contributed by atoms with Crippen LogP contribution in [-0.4, -0.2) is 48.7 Å². The fourth-order valence-corrected chi connectivity index (χ4v) is 1.61. The number of aromatic nitrogens is 1. The molecular formula is C19H32CoN5O4-. The van der Waals surface area contributed by atoms with E-state index in [1.165, 1.54) is 53.4 Å². The molecule has 0 aliphatic heterocycles. The second-order valence-corrected chi connectivity index (χ2v) is 5.92. The van der Waals surface area contributed by atoms with E-state index in [-0.39, 0.29) is 16.8 Å². The molecule has 0 saturated heterocycles. The van der Waals surface area contributed by atoms with Crippen LogP contribution < -0.4 is 0 Å². The molecule has 9 nitrogen and oxygen atoms in total. The Morgan fingerprint density at radius 3 is 1.14 bits per heavy atom. The van der Waals surface area contributed by atoms with Crippen LogP contribution in [0, 0.1) is 12.8 Å². The third-order valence-corrected chi connectivity index (χ3v) is 3.69. The minimum atomic E-state index is 0. The third-order valence-electron chi connectivity index (χ3n) is 3.69. The first-order valence-electron chi connectivity index (χ1n) is 8.77. The first-order chi connectivity index (χ1) is 13.3. The molecule has 167 valence electrons. The monoisotopic (exact) mass is 453 g/mol. The predicted molar refractivity (Wildman–Crippen MR) is 111 cm³/mol. The predicted octanol–water partition coefficient (Wildman–Crippen LogP) is 4.46. The molecule has 1 radical (unpaired) electrons. The van der Waals surface area contributed by atoms with Gasteiger partial charge in [-0.15, -0.1) is 0 Å². The van der Waals surface area contributed by atoms with E-state index in [1.807, 2.05) is 18.2 Å². The van der Waals surface area contributed by atoms with Crippen molar-refractivity contribution in [1.29, 1.82) is 0 Å². The zero-order chi connectivity index (χ0) is 21.8. The van der Waals surface area contributed by atoms with E-state index in [0.717, 1.165) is 5.92 Å². The molecule has 4 N–H and O–H groups in total. The number of rotatable bonds is 2. The van der Waals surface area contributed by atoms with Gasteiger partial charge in [0.15, 0.2) is 0 Å². The molecule has 10 heteroatoms. The fraction of sp³-hybridized carbons (Fsp3) is 0.474. The van der Waals surface area contributed by atoms with Crippen LogP contribution in [0.25, 0.3) is 0 Å². The summed E-state index contributed by atoms with van der Waals surface area (Å²) in [6.07, 6.45) is 9.10. The summed E-state index contributed by atoms with van der Waals surface area (Å²) in [4.78, 5) is 3.78. The van der Waals surface area contributed by atoms with Gasteiger partial charge in [-0.2, -0.15) is 5.92 Å². The van der Waals surface area contributed by atoms with Crippen LogP contribution in [0.5, 0.6) is 0 Å². The SMILES string of the molecule is CC(=N\O)/C(C)=N/O.CC(=N\O)/C(C)=N/O.[CH2-]C1CCCC1.[Co].c1ccncc1. The standard InChI is InChI=1S/C6H11.C5H5N.2C4H8N2O2.Co/c1-6-4-2-3-5-6;1-2-4-6-5-3-1;2*1-3(5-7)4(2)6-8;/h6H,1-5H2;1-5H;2*7-8H,1-2H3;/q-1;;;;/b;;2*5-3+,6-4+;. The summed E-state index contributed by atoms with van der Waals surface area (Å²) < 4.78 is 0. The van der Waals surface area contributed by atoms with E-state index in [9.17, 15) is 0 Å². The zero-order valence-corrected chi connectivity index (χ0v) is 18.4. The van der Waals surface area contributed by atoms with Crippen LogP contribution in [0.1, 0.15) is 53.4 Å². The van der Waals surface area contributed by atoms with Crippen molar-refractivity contribution >= 4 is 22.8 Å². The van der Waals surface area contributed by atoms with E-state index in [4.69, 9.17) is 20.8 Å². The zero-order valence-electron chi connectivity index (χ0n) is 17.4. The number of hydrogen-bond acceptors (Lipinski definition) is 9. The summed E-state index contributed by atoms with van der Waals surface area (Å²) in [7, 11) is 0. The topological polar surface area (TPSA) is 143 Å². The molecule has 29 heavy (non-hydrogen) atoms. The third kappa shape index (κ3) is 20.1. The summed E-state index contributed by atoms with van der Waals surface area (Å²) in [5, 5.41) is 43.3. The van der Waals surface area contributed by atoms with E-state index >= 15 is 0 Å². The summed E-state index contributed by atoms with van der Waals surface area (Å²) in [5.41, 5.74) is 1.25. The van der Waals surface area contributed by atoms with Gasteiger partial charge in [-0.05, 0) is 39.8 Å². The van der Waals surface area contributed by atoms with Gasteiger partial charge in [0.2, 0.25) is 0 Å². The number of hydrogen-bond donors (Lipinski definition) is 4. The molecule has 0 atom stereocenters. The van der Waals surface area contributed by atoms with Crippen molar-refractivity contribution in [3.8, 4) is 0 Å². The number of pyridine rings is 1. The van der Waals surface area contributed by atoms with E-state index in [1.54, 1.807) is 12.4 Å². The van der Waals surface area contributed by atoms with Crippen molar-refractivity contribution < 1.29 is 37.6 Å². The van der Waals surface area contributed by atoms with Crippen molar-refractivity contribution in [1.82, 2.24) is 4.98 Å². The van der Waals surface area contributed by atoms with Crippen LogP contribution in [0.4, 0.5) is 0 Å². The van der Waals surface area contributed by atoms with Crippen molar-refractivity contribution in [3.05, 3.63) is 37.5 Å². The Hall–Kier alpha value is -2.46. The molecular weight excluding hydrogens is 421 g/mol. The summed E-state index contributed by atoms with van der Waals surface area (Å²) in [6, 6.07) is 5.72. The van der Waals surface area contributed by atoms with Crippen molar-refractivity contribution in [2.45, 2.75) is 53.4 Å². The molecule has 1 aromatic heterocycles. The van der Waals surface area contributed by atoms with Crippen LogP contribution in [0.15, 0.2) is 51.2 Å². The Labute approximate surface area is 183 Å². The minimum absolute atomic E-state index is 0. The molecule has 0 aromatic carbocycles. The molecule has 1 aliphatic rings. The Morgan fingerprint density at radius 1 is 0.724 bits per heavy atom. The minimum Gasteiger partial charge on any atom is -0.411 e. The smallest absolute Gasteiger partial charge is 0.101 e. The Kier molecular flexibility index (Phi) is 23.5. The van der Waals surface area contributed by atoms with Gasteiger partial charge in [0, 0.05) is 29.2 Å². The molecule has 1 aliphatic carbocycles. The van der Waals surface area contributed by atoms with Gasteiger partial charge in [0.25, 0.3) is 0 Å². The van der Waals surface area contributed by atoms with Gasteiger partial charge in [-0.1, -0.05) is 52.4 Å². The summed E-state index contributed by atoms with van der Waals surface area (Å²) >= 11 is 0. The van der Waals surface area contributed by atoms with Gasteiger partial charge >= 0.3 is 0 Å². The van der Waals surface area contributed by atoms with E-state index < -0.39 is 0 Å². The van der Waals surface area contributed by atoms with E-state index in [2.05, 4.69) is 32.5 Å².